The number of nitrogens with one attached hydrogen (secondary N) is 1. The molecule has 1 heterocycles. The number of carbonyl (C=O) groups excluding carboxylic acids is 1. The quantitative estimate of drug-likeness (QED) is 0.868. The van der Waals surface area contributed by atoms with Crippen molar-refractivity contribution in [2.24, 2.45) is 0 Å². The summed E-state index contributed by atoms with van der Waals surface area (Å²) in [6.45, 7) is 2.10. The number of amides is 1. The molecular formula is C13H14F4N2O3. The summed E-state index contributed by atoms with van der Waals surface area (Å²) in [5, 5.41) is 3.07. The van der Waals surface area contributed by atoms with Crippen LogP contribution in [0.5, 0.6) is 5.75 Å². The summed E-state index contributed by atoms with van der Waals surface area (Å²) in [5.74, 6) is -2.10. The lowest BCUT2D eigenvalue weighted by molar-refractivity contribution is -0.275. The van der Waals surface area contributed by atoms with E-state index in [1.54, 1.807) is 0 Å². The van der Waals surface area contributed by atoms with Crippen LogP contribution in [0.1, 0.15) is 5.56 Å². The summed E-state index contributed by atoms with van der Waals surface area (Å²) in [6, 6.07) is 2.89. The van der Waals surface area contributed by atoms with Gasteiger partial charge < -0.3 is 19.7 Å². The molecule has 2 rings (SSSR count). The van der Waals surface area contributed by atoms with Gasteiger partial charge in [-0.3, -0.25) is 0 Å². The van der Waals surface area contributed by atoms with Crippen molar-refractivity contribution in [1.82, 2.24) is 10.2 Å². The van der Waals surface area contributed by atoms with E-state index in [9.17, 15) is 22.4 Å². The Morgan fingerprint density at radius 1 is 1.27 bits per heavy atom. The van der Waals surface area contributed by atoms with Gasteiger partial charge in [-0.1, -0.05) is 6.07 Å². The highest BCUT2D eigenvalue weighted by atomic mass is 19.4. The predicted molar refractivity (Wildman–Crippen MR) is 67.7 cm³/mol. The Labute approximate surface area is 123 Å². The maximum atomic E-state index is 13.5. The number of ether oxygens (including phenoxy) is 2. The highest BCUT2D eigenvalue weighted by molar-refractivity contribution is 5.67. The van der Waals surface area contributed by atoms with E-state index < -0.39 is 24.0 Å². The van der Waals surface area contributed by atoms with Crippen molar-refractivity contribution in [3.05, 3.63) is 29.6 Å². The molecule has 0 unspecified atom stereocenters. The molecule has 1 aliphatic heterocycles. The number of piperazine rings is 1. The maximum Gasteiger partial charge on any atom is 0.573 e. The van der Waals surface area contributed by atoms with Gasteiger partial charge >= 0.3 is 12.5 Å². The monoisotopic (exact) mass is 322 g/mol. The van der Waals surface area contributed by atoms with Gasteiger partial charge in [-0.2, -0.15) is 0 Å². The molecule has 1 amide bonds. The second-order valence-corrected chi connectivity index (χ2v) is 4.60. The molecule has 122 valence electrons. The van der Waals surface area contributed by atoms with Gasteiger partial charge in [0.25, 0.3) is 0 Å². The van der Waals surface area contributed by atoms with Gasteiger partial charge in [0, 0.05) is 26.2 Å². The van der Waals surface area contributed by atoms with Gasteiger partial charge in [0.05, 0.1) is 0 Å². The fraction of sp³-hybridized carbons (Fsp3) is 0.462. The summed E-state index contributed by atoms with van der Waals surface area (Å²) >= 11 is 0. The molecule has 0 radical (unpaired) electrons. The number of carbonyl (C=O) groups is 1. The normalized spacial score (nSPS) is 15.5. The number of nitrogens with zero attached hydrogens (tertiary/aromatic N) is 1. The molecule has 1 fully saturated rings. The Morgan fingerprint density at radius 2 is 1.95 bits per heavy atom. The molecule has 0 aliphatic carbocycles. The summed E-state index contributed by atoms with van der Waals surface area (Å²) in [7, 11) is 0. The van der Waals surface area contributed by atoms with E-state index in [1.165, 1.54) is 11.0 Å². The van der Waals surface area contributed by atoms with E-state index in [0.29, 0.717) is 26.2 Å². The van der Waals surface area contributed by atoms with Crippen molar-refractivity contribution >= 4 is 6.09 Å². The molecule has 1 saturated heterocycles. The second-order valence-electron chi connectivity index (χ2n) is 4.60. The van der Waals surface area contributed by atoms with Crippen molar-refractivity contribution in [3.63, 3.8) is 0 Å². The maximum absolute atomic E-state index is 13.5. The molecule has 0 atom stereocenters. The Balaban J connectivity index is 1.90. The summed E-state index contributed by atoms with van der Waals surface area (Å²) in [4.78, 5) is 13.2. The summed E-state index contributed by atoms with van der Waals surface area (Å²) in [5.41, 5.74) is 0.232. The van der Waals surface area contributed by atoms with E-state index in [1.807, 2.05) is 0 Å². The Hall–Kier alpha value is -2.03. The minimum atomic E-state index is -4.96. The minimum absolute atomic E-state index is 0.230. The zero-order valence-corrected chi connectivity index (χ0v) is 11.5. The van der Waals surface area contributed by atoms with Crippen molar-refractivity contribution in [2.45, 2.75) is 13.0 Å². The van der Waals surface area contributed by atoms with Crippen molar-refractivity contribution in [1.29, 1.82) is 0 Å². The van der Waals surface area contributed by atoms with Gasteiger partial charge in [-0.25, -0.2) is 9.18 Å². The number of hydrogen-bond acceptors (Lipinski definition) is 4. The van der Waals surface area contributed by atoms with Crippen molar-refractivity contribution < 1.29 is 31.8 Å². The van der Waals surface area contributed by atoms with E-state index in [4.69, 9.17) is 4.74 Å². The molecule has 0 bridgehead atoms. The van der Waals surface area contributed by atoms with E-state index >= 15 is 0 Å². The zero-order valence-electron chi connectivity index (χ0n) is 11.5. The lowest BCUT2D eigenvalue weighted by atomic mass is 10.2. The van der Waals surface area contributed by atoms with Crippen LogP contribution >= 0.6 is 0 Å². The van der Waals surface area contributed by atoms with Crippen LogP contribution in [0.2, 0.25) is 0 Å². The van der Waals surface area contributed by atoms with Crippen LogP contribution in [0.25, 0.3) is 0 Å². The molecule has 0 saturated carbocycles. The molecule has 5 nitrogen and oxygen atoms in total. The first-order valence-electron chi connectivity index (χ1n) is 6.52. The van der Waals surface area contributed by atoms with Gasteiger partial charge in [0.2, 0.25) is 0 Å². The molecule has 1 aromatic carbocycles. The third kappa shape index (κ3) is 4.76. The Kier molecular flexibility index (Phi) is 5.07. The highest BCUT2D eigenvalue weighted by Crippen LogP contribution is 2.26. The SMILES string of the molecule is O=C(OCc1ccc(OC(F)(F)F)c(F)c1)N1CCNCC1. The van der Waals surface area contributed by atoms with E-state index in [0.717, 1.165) is 12.1 Å². The van der Waals surface area contributed by atoms with Crippen LogP contribution in [0.3, 0.4) is 0 Å². The van der Waals surface area contributed by atoms with Crippen LogP contribution in [-0.4, -0.2) is 43.5 Å². The number of alkyl halides is 3. The van der Waals surface area contributed by atoms with Crippen LogP contribution in [0.15, 0.2) is 18.2 Å². The number of halogens is 4. The molecule has 1 aromatic rings. The van der Waals surface area contributed by atoms with Gasteiger partial charge in [0.1, 0.15) is 6.61 Å². The first kappa shape index (κ1) is 16.3. The molecule has 0 aromatic heterocycles. The second kappa shape index (κ2) is 6.82. The van der Waals surface area contributed by atoms with Crippen LogP contribution < -0.4 is 10.1 Å². The molecule has 1 N–H and O–H groups in total. The molecular weight excluding hydrogens is 308 g/mol. The average molecular weight is 322 g/mol. The van der Waals surface area contributed by atoms with E-state index in [-0.39, 0.29) is 12.2 Å². The lowest BCUT2D eigenvalue weighted by Gasteiger charge is -2.26. The average Bonchev–Trinajstić information content (AvgIpc) is 2.47. The van der Waals surface area contributed by atoms with E-state index in [2.05, 4.69) is 10.1 Å². The van der Waals surface area contributed by atoms with Gasteiger partial charge in [-0.05, 0) is 17.7 Å². The predicted octanol–water partition coefficient (Wildman–Crippen LogP) is 2.27. The van der Waals surface area contributed by atoms with Crippen LogP contribution in [-0.2, 0) is 11.3 Å². The lowest BCUT2D eigenvalue weighted by Crippen LogP contribution is -2.46. The van der Waals surface area contributed by atoms with Crippen molar-refractivity contribution in [3.8, 4) is 5.75 Å². The fourth-order valence-corrected chi connectivity index (χ4v) is 1.93. The summed E-state index contributed by atoms with van der Waals surface area (Å²) in [6.07, 6.45) is -5.51. The first-order chi connectivity index (χ1) is 10.3. The van der Waals surface area contributed by atoms with Gasteiger partial charge in [-0.15, -0.1) is 13.2 Å². The molecule has 9 heteroatoms. The van der Waals surface area contributed by atoms with Crippen LogP contribution in [0.4, 0.5) is 22.4 Å². The Bertz CT molecular complexity index is 531. The smallest absolute Gasteiger partial charge is 0.445 e. The molecule has 0 spiro atoms. The molecule has 1 aliphatic rings. The number of hydrogen-bond donors (Lipinski definition) is 1. The third-order valence-corrected chi connectivity index (χ3v) is 2.96. The zero-order chi connectivity index (χ0) is 16.2. The highest BCUT2D eigenvalue weighted by Gasteiger charge is 2.32. The summed E-state index contributed by atoms with van der Waals surface area (Å²) < 4.78 is 58.0. The third-order valence-electron chi connectivity index (χ3n) is 2.96. The largest absolute Gasteiger partial charge is 0.573 e. The number of rotatable bonds is 3. The van der Waals surface area contributed by atoms with Crippen LogP contribution in [0, 0.1) is 5.82 Å². The fourth-order valence-electron chi connectivity index (χ4n) is 1.93. The Morgan fingerprint density at radius 3 is 2.55 bits per heavy atom. The number of benzene rings is 1. The topological polar surface area (TPSA) is 50.8 Å². The minimum Gasteiger partial charge on any atom is -0.445 e. The van der Waals surface area contributed by atoms with Crippen molar-refractivity contribution in [2.75, 3.05) is 26.2 Å². The molecule has 22 heavy (non-hydrogen) atoms. The van der Waals surface area contributed by atoms with Gasteiger partial charge in [0.15, 0.2) is 11.6 Å². The standard InChI is InChI=1S/C13H14F4N2O3/c14-10-7-9(1-2-11(10)22-13(15,16)17)8-21-12(20)19-5-3-18-4-6-19/h1-2,7,18H,3-6,8H2. The first-order valence-corrected chi connectivity index (χ1v) is 6.52.